The number of fused-ring (bicyclic) bond motifs is 2. The van der Waals surface area contributed by atoms with E-state index < -0.39 is 47.3 Å². The molecule has 0 radical (unpaired) electrons. The first-order valence-corrected chi connectivity index (χ1v) is 21.9. The van der Waals surface area contributed by atoms with Gasteiger partial charge in [-0.2, -0.15) is 0 Å². The van der Waals surface area contributed by atoms with Crippen molar-refractivity contribution in [1.29, 1.82) is 0 Å². The molecule has 15 heteroatoms. The third kappa shape index (κ3) is 10.8. The zero-order chi connectivity index (χ0) is 46.0. The maximum absolute atomic E-state index is 14.2. The SMILES string of the molecule is C=CCOC12Oc3ccc(OC(=O)Nc4ccc(OC)cc4OC)cc3C3C(CCCCO)C(CCCCO)C=C(C(=NOC(C)(C)C)CC1N(Cc1ccc(F)cc1)C(=O)OC)C32. The molecule has 2 amide bonds. The molecule has 1 heterocycles. The lowest BCUT2D eigenvalue weighted by Crippen LogP contribution is -2.70. The number of halogens is 1. The molecule has 2 aliphatic carbocycles. The number of benzene rings is 3. The molecule has 3 aromatic carbocycles. The number of aliphatic hydroxyl groups is 2. The molecule has 3 N–H and O–H groups in total. The van der Waals surface area contributed by atoms with Gasteiger partial charge in [-0.15, -0.1) is 6.58 Å². The lowest BCUT2D eigenvalue weighted by Gasteiger charge is -2.59. The summed E-state index contributed by atoms with van der Waals surface area (Å²) in [7, 11) is 4.33. The zero-order valence-corrected chi connectivity index (χ0v) is 37.6. The van der Waals surface area contributed by atoms with Gasteiger partial charge in [0, 0.05) is 43.7 Å². The largest absolute Gasteiger partial charge is 0.497 e. The number of ether oxygens (including phenoxy) is 6. The summed E-state index contributed by atoms with van der Waals surface area (Å²) >= 11 is 0. The van der Waals surface area contributed by atoms with Gasteiger partial charge < -0.3 is 43.5 Å². The van der Waals surface area contributed by atoms with Crippen LogP contribution in [0.4, 0.5) is 19.7 Å². The molecular weight excluding hydrogens is 826 g/mol. The van der Waals surface area contributed by atoms with E-state index >= 15 is 0 Å². The van der Waals surface area contributed by atoms with Crippen molar-refractivity contribution < 1.29 is 57.5 Å². The smallest absolute Gasteiger partial charge is 0.417 e. The lowest BCUT2D eigenvalue weighted by molar-refractivity contribution is -0.256. The number of carbonyl (C=O) groups is 2. The Balaban J connectivity index is 1.56. The zero-order valence-electron chi connectivity index (χ0n) is 37.6. The number of rotatable bonds is 19. The molecule has 3 aromatic rings. The first-order chi connectivity index (χ1) is 30.8. The first-order valence-electron chi connectivity index (χ1n) is 21.9. The summed E-state index contributed by atoms with van der Waals surface area (Å²) < 4.78 is 50.7. The van der Waals surface area contributed by atoms with Crippen molar-refractivity contribution in [3.63, 3.8) is 0 Å². The average Bonchev–Trinajstić information content (AvgIpc) is 3.28. The Labute approximate surface area is 374 Å². The average molecular weight is 888 g/mol. The van der Waals surface area contributed by atoms with Crippen molar-refractivity contribution in [2.45, 2.75) is 95.6 Å². The van der Waals surface area contributed by atoms with E-state index in [9.17, 15) is 24.2 Å². The van der Waals surface area contributed by atoms with Gasteiger partial charge in [0.1, 0.15) is 40.5 Å². The minimum Gasteiger partial charge on any atom is -0.497 e. The highest BCUT2D eigenvalue weighted by atomic mass is 19.1. The van der Waals surface area contributed by atoms with E-state index in [0.29, 0.717) is 59.9 Å². The molecular formula is C49H62FN3O11. The van der Waals surface area contributed by atoms with Crippen molar-refractivity contribution in [2.24, 2.45) is 22.9 Å². The third-order valence-corrected chi connectivity index (χ3v) is 12.0. The molecule has 3 aliphatic rings. The number of anilines is 1. The van der Waals surface area contributed by atoms with Gasteiger partial charge in [0.15, 0.2) is 0 Å². The predicted molar refractivity (Wildman–Crippen MR) is 239 cm³/mol. The highest BCUT2D eigenvalue weighted by molar-refractivity contribution is 6.03. The Morgan fingerprint density at radius 2 is 1.69 bits per heavy atom. The minimum atomic E-state index is -1.58. The van der Waals surface area contributed by atoms with Crippen LogP contribution in [0.3, 0.4) is 0 Å². The van der Waals surface area contributed by atoms with Gasteiger partial charge in [-0.25, -0.2) is 14.0 Å². The number of oxime groups is 1. The number of carbonyl (C=O) groups excluding carboxylic acids is 2. The van der Waals surface area contributed by atoms with Crippen molar-refractivity contribution >= 4 is 23.6 Å². The van der Waals surface area contributed by atoms with E-state index in [2.05, 4.69) is 18.0 Å². The summed E-state index contributed by atoms with van der Waals surface area (Å²) in [5.41, 5.74) is 2.52. The Morgan fingerprint density at radius 3 is 2.34 bits per heavy atom. The molecule has 14 nitrogen and oxygen atoms in total. The second-order valence-corrected chi connectivity index (χ2v) is 17.3. The number of nitrogens with zero attached hydrogens (tertiary/aromatic N) is 2. The van der Waals surface area contributed by atoms with Crippen molar-refractivity contribution in [1.82, 2.24) is 4.90 Å². The van der Waals surface area contributed by atoms with E-state index in [1.807, 2.05) is 26.8 Å². The van der Waals surface area contributed by atoms with Gasteiger partial charge in [0.05, 0.1) is 45.3 Å². The van der Waals surface area contributed by atoms with Gasteiger partial charge >= 0.3 is 12.2 Å². The van der Waals surface area contributed by atoms with E-state index in [-0.39, 0.29) is 50.4 Å². The van der Waals surface area contributed by atoms with Gasteiger partial charge in [0.25, 0.3) is 0 Å². The summed E-state index contributed by atoms with van der Waals surface area (Å²) in [6, 6.07) is 15.2. The maximum Gasteiger partial charge on any atom is 0.417 e. The summed E-state index contributed by atoms with van der Waals surface area (Å²) in [5.74, 6) is -1.52. The number of amides is 2. The van der Waals surface area contributed by atoms with Crippen LogP contribution >= 0.6 is 0 Å². The van der Waals surface area contributed by atoms with Crippen LogP contribution in [0.2, 0.25) is 0 Å². The third-order valence-electron chi connectivity index (χ3n) is 12.0. The Hall–Kier alpha value is -5.64. The van der Waals surface area contributed by atoms with Crippen LogP contribution in [0, 0.1) is 23.6 Å². The fraction of sp³-hybridized carbons (Fsp3) is 0.490. The van der Waals surface area contributed by atoms with Crippen LogP contribution in [0.25, 0.3) is 0 Å². The minimum absolute atomic E-state index is 0.0153. The van der Waals surface area contributed by atoms with E-state index in [1.54, 1.807) is 53.4 Å². The number of hydrogen-bond acceptors (Lipinski definition) is 12. The number of aliphatic hydroxyl groups excluding tert-OH is 2. The van der Waals surface area contributed by atoms with Crippen molar-refractivity contribution in [2.75, 3.05) is 46.5 Å². The second-order valence-electron chi connectivity index (χ2n) is 17.3. The topological polar surface area (TPSA) is 167 Å². The van der Waals surface area contributed by atoms with Crippen LogP contribution in [-0.2, 0) is 20.9 Å². The standard InChI is InChI=1S/C49H62FN3O11/c1-8-25-61-49-43(53(47(57)60-7)30-31-15-17-33(50)18-16-31)29-40(52-64-48(2,3)4)37-26-32(13-9-11-23-54)36(14-10-12-24-55)44(45(37)49)38-27-35(20-22-41(38)63-49)62-46(56)51-39-21-19-34(58-5)28-42(39)59-6/h8,15-22,26-28,32,36,43-45,54-55H,1,9-14,23-25,29-30H2,2-7H3,(H,51,56). The molecule has 1 fully saturated rings. The monoisotopic (exact) mass is 887 g/mol. The molecule has 0 bridgehead atoms. The molecule has 1 aliphatic heterocycles. The summed E-state index contributed by atoms with van der Waals surface area (Å²) in [4.78, 5) is 35.5. The fourth-order valence-electron chi connectivity index (χ4n) is 9.25. The lowest BCUT2D eigenvalue weighted by atomic mass is 9.55. The maximum atomic E-state index is 14.2. The van der Waals surface area contributed by atoms with Crippen LogP contribution in [0.15, 0.2) is 90.1 Å². The highest BCUT2D eigenvalue weighted by Crippen LogP contribution is 2.62. The van der Waals surface area contributed by atoms with E-state index in [4.69, 9.17) is 38.4 Å². The molecule has 346 valence electrons. The van der Waals surface area contributed by atoms with Crippen LogP contribution < -0.4 is 24.3 Å². The second kappa shape index (κ2) is 21.4. The fourth-order valence-corrected chi connectivity index (χ4v) is 9.25. The van der Waals surface area contributed by atoms with Gasteiger partial charge in [-0.05, 0) is 112 Å². The quantitative estimate of drug-likeness (QED) is 0.0597. The Bertz CT molecular complexity index is 2160. The molecule has 6 atom stereocenters. The van der Waals surface area contributed by atoms with Crippen molar-refractivity contribution in [3.05, 3.63) is 102 Å². The van der Waals surface area contributed by atoms with Gasteiger partial charge in [-0.1, -0.05) is 42.3 Å². The normalized spacial score (nSPS) is 22.8. The summed E-state index contributed by atoms with van der Waals surface area (Å²) in [6.07, 6.45) is 6.67. The number of allylic oxidation sites excluding steroid dienone is 1. The van der Waals surface area contributed by atoms with E-state index in [1.165, 1.54) is 33.5 Å². The highest BCUT2D eigenvalue weighted by Gasteiger charge is 2.65. The number of nitrogens with one attached hydrogen (secondary N) is 1. The van der Waals surface area contributed by atoms with Gasteiger partial charge in [0.2, 0.25) is 5.79 Å². The Kier molecular flexibility index (Phi) is 16.0. The van der Waals surface area contributed by atoms with Crippen molar-refractivity contribution in [3.8, 4) is 23.0 Å². The molecule has 0 spiro atoms. The predicted octanol–water partition coefficient (Wildman–Crippen LogP) is 9.15. The molecule has 6 unspecified atom stereocenters. The summed E-state index contributed by atoms with van der Waals surface area (Å²) in [5, 5.41) is 27.5. The number of methoxy groups -OCH3 is 3. The molecule has 6 rings (SSSR count). The molecule has 64 heavy (non-hydrogen) atoms. The first kappa shape index (κ1) is 47.8. The van der Waals surface area contributed by atoms with Crippen LogP contribution in [-0.4, -0.2) is 91.6 Å². The van der Waals surface area contributed by atoms with Crippen LogP contribution in [0.5, 0.6) is 23.0 Å². The van der Waals surface area contributed by atoms with E-state index in [0.717, 1.165) is 24.0 Å². The van der Waals surface area contributed by atoms with Crippen LogP contribution in [0.1, 0.15) is 82.8 Å². The summed E-state index contributed by atoms with van der Waals surface area (Å²) in [6.45, 7) is 9.82. The molecule has 1 saturated carbocycles. The number of unbranched alkanes of at least 4 members (excludes halogenated alkanes) is 2. The molecule has 0 aromatic heterocycles. The molecule has 0 saturated heterocycles. The number of hydrogen-bond donors (Lipinski definition) is 3. The Morgan fingerprint density at radius 1 is 0.969 bits per heavy atom. The van der Waals surface area contributed by atoms with Gasteiger partial charge in [-0.3, -0.25) is 10.2 Å².